The molecule has 4 aromatic rings. The van der Waals surface area contributed by atoms with Crippen molar-refractivity contribution < 1.29 is 9.59 Å². The minimum Gasteiger partial charge on any atom is -0.316 e. The molecule has 0 bridgehead atoms. The van der Waals surface area contributed by atoms with Crippen molar-refractivity contribution in [1.29, 1.82) is 0 Å². The summed E-state index contributed by atoms with van der Waals surface area (Å²) in [7, 11) is 0. The number of nitrogens with zero attached hydrogens (tertiary/aromatic N) is 3. The topological polar surface area (TPSA) is 88.4 Å². The standard InChI is InChI=1S/C24H17BrClN5O2/c25-18-12-10-16(11-13-18)22-17(15-31(30-22)19-6-2-1-3-7-19)14-27-29-24(33)23(32)28-21-9-5-4-8-20(21)26/h1-15H,(H,28,32)(H,29,33)/b27-14-. The van der Waals surface area contributed by atoms with Gasteiger partial charge in [0.15, 0.2) is 0 Å². The molecule has 0 unspecified atom stereocenters. The molecule has 0 radical (unpaired) electrons. The summed E-state index contributed by atoms with van der Waals surface area (Å²) in [5.41, 5.74) is 5.65. The van der Waals surface area contributed by atoms with Gasteiger partial charge < -0.3 is 5.32 Å². The van der Waals surface area contributed by atoms with Gasteiger partial charge in [0.05, 0.1) is 22.6 Å². The van der Waals surface area contributed by atoms with Crippen molar-refractivity contribution in [3.05, 3.63) is 100 Å². The number of hydrogen-bond acceptors (Lipinski definition) is 4. The molecule has 0 spiro atoms. The van der Waals surface area contributed by atoms with Crippen molar-refractivity contribution in [2.24, 2.45) is 5.10 Å². The zero-order chi connectivity index (χ0) is 23.2. The average Bonchev–Trinajstić information content (AvgIpc) is 3.25. The molecule has 2 amide bonds. The van der Waals surface area contributed by atoms with Crippen LogP contribution in [-0.4, -0.2) is 27.8 Å². The third kappa shape index (κ3) is 5.54. The van der Waals surface area contributed by atoms with Crippen LogP contribution in [0, 0.1) is 0 Å². The second kappa shape index (κ2) is 10.2. The summed E-state index contributed by atoms with van der Waals surface area (Å²) in [5, 5.41) is 11.4. The van der Waals surface area contributed by atoms with Crippen LogP contribution >= 0.6 is 27.5 Å². The van der Waals surface area contributed by atoms with Gasteiger partial charge in [-0.2, -0.15) is 10.2 Å². The lowest BCUT2D eigenvalue weighted by molar-refractivity contribution is -0.136. The number of amides is 2. The van der Waals surface area contributed by atoms with Gasteiger partial charge in [0, 0.05) is 21.8 Å². The Hall–Kier alpha value is -3.75. The first kappa shape index (κ1) is 22.4. The number of halogens is 2. The normalized spacial score (nSPS) is 10.8. The maximum atomic E-state index is 12.2. The van der Waals surface area contributed by atoms with E-state index in [1.165, 1.54) is 6.21 Å². The van der Waals surface area contributed by atoms with Crippen LogP contribution in [0.5, 0.6) is 0 Å². The molecule has 0 aliphatic rings. The molecule has 0 saturated heterocycles. The molecule has 0 atom stereocenters. The van der Waals surface area contributed by atoms with Gasteiger partial charge in [-0.25, -0.2) is 10.1 Å². The zero-order valence-corrected chi connectivity index (χ0v) is 19.4. The summed E-state index contributed by atoms with van der Waals surface area (Å²) in [4.78, 5) is 24.3. The highest BCUT2D eigenvalue weighted by Gasteiger charge is 2.15. The third-order valence-electron chi connectivity index (χ3n) is 4.58. The fourth-order valence-corrected chi connectivity index (χ4v) is 3.43. The lowest BCUT2D eigenvalue weighted by atomic mass is 10.1. The number of aromatic nitrogens is 2. The fraction of sp³-hybridized carbons (Fsp3) is 0. The molecule has 1 heterocycles. The van der Waals surface area contributed by atoms with Gasteiger partial charge in [-0.3, -0.25) is 9.59 Å². The van der Waals surface area contributed by atoms with Gasteiger partial charge in [-0.1, -0.05) is 70.0 Å². The minimum absolute atomic E-state index is 0.328. The number of anilines is 1. The van der Waals surface area contributed by atoms with Gasteiger partial charge in [-0.05, 0) is 36.4 Å². The van der Waals surface area contributed by atoms with E-state index in [0.29, 0.717) is 22.0 Å². The Morgan fingerprint density at radius 1 is 0.939 bits per heavy atom. The summed E-state index contributed by atoms with van der Waals surface area (Å²) in [6.45, 7) is 0. The number of carbonyl (C=O) groups is 2. The Kier molecular flexibility index (Phi) is 6.97. The van der Waals surface area contributed by atoms with Crippen LogP contribution in [0.15, 0.2) is 94.6 Å². The lowest BCUT2D eigenvalue weighted by Gasteiger charge is -2.05. The molecule has 2 N–H and O–H groups in total. The SMILES string of the molecule is O=C(N/N=C\c1cn(-c2ccccc2)nc1-c1ccc(Br)cc1)C(=O)Nc1ccccc1Cl. The Morgan fingerprint density at radius 2 is 1.64 bits per heavy atom. The highest BCUT2D eigenvalue weighted by atomic mass is 79.9. The molecule has 33 heavy (non-hydrogen) atoms. The van der Waals surface area contributed by atoms with Gasteiger partial charge in [0.1, 0.15) is 5.69 Å². The van der Waals surface area contributed by atoms with E-state index in [1.807, 2.05) is 54.6 Å². The largest absolute Gasteiger partial charge is 0.329 e. The molecule has 9 heteroatoms. The third-order valence-corrected chi connectivity index (χ3v) is 5.44. The van der Waals surface area contributed by atoms with Crippen LogP contribution in [0.4, 0.5) is 5.69 Å². The highest BCUT2D eigenvalue weighted by molar-refractivity contribution is 9.10. The second-order valence-electron chi connectivity index (χ2n) is 6.85. The Morgan fingerprint density at radius 3 is 2.36 bits per heavy atom. The Balaban J connectivity index is 1.54. The predicted octanol–water partition coefficient (Wildman–Crippen LogP) is 5.04. The van der Waals surface area contributed by atoms with Gasteiger partial charge in [-0.15, -0.1) is 0 Å². The number of benzene rings is 3. The van der Waals surface area contributed by atoms with Gasteiger partial charge >= 0.3 is 11.8 Å². The first-order valence-electron chi connectivity index (χ1n) is 9.81. The molecular formula is C24H17BrClN5O2. The van der Waals surface area contributed by atoms with E-state index < -0.39 is 11.8 Å². The Bertz CT molecular complexity index is 1320. The summed E-state index contributed by atoms with van der Waals surface area (Å²) in [6.07, 6.45) is 3.25. The van der Waals surface area contributed by atoms with E-state index in [1.54, 1.807) is 35.1 Å². The average molecular weight is 523 g/mol. The van der Waals surface area contributed by atoms with Crippen LogP contribution in [0.1, 0.15) is 5.56 Å². The molecule has 0 saturated carbocycles. The zero-order valence-electron chi connectivity index (χ0n) is 17.1. The van der Waals surface area contributed by atoms with Crippen molar-refractivity contribution in [1.82, 2.24) is 15.2 Å². The molecule has 4 rings (SSSR count). The number of hydrogen-bond donors (Lipinski definition) is 2. The quantitative estimate of drug-likeness (QED) is 0.219. The smallest absolute Gasteiger partial charge is 0.316 e. The number of para-hydroxylation sites is 2. The van der Waals surface area contributed by atoms with Crippen molar-refractivity contribution in [3.63, 3.8) is 0 Å². The molecule has 1 aromatic heterocycles. The van der Waals surface area contributed by atoms with Crippen LogP contribution in [-0.2, 0) is 9.59 Å². The fourth-order valence-electron chi connectivity index (χ4n) is 2.98. The van der Waals surface area contributed by atoms with E-state index in [2.05, 4.69) is 36.9 Å². The molecule has 0 aliphatic carbocycles. The van der Waals surface area contributed by atoms with Crippen LogP contribution in [0.2, 0.25) is 5.02 Å². The summed E-state index contributed by atoms with van der Waals surface area (Å²) in [5.74, 6) is -1.81. The van der Waals surface area contributed by atoms with Crippen molar-refractivity contribution in [2.75, 3.05) is 5.32 Å². The Labute approximate surface area is 203 Å². The minimum atomic E-state index is -0.924. The van der Waals surface area contributed by atoms with Gasteiger partial charge in [0.2, 0.25) is 0 Å². The summed E-state index contributed by atoms with van der Waals surface area (Å²) < 4.78 is 2.67. The molecule has 0 aliphatic heterocycles. The van der Waals surface area contributed by atoms with Crippen molar-refractivity contribution in [2.45, 2.75) is 0 Å². The van der Waals surface area contributed by atoms with Crippen molar-refractivity contribution >= 4 is 51.2 Å². The highest BCUT2D eigenvalue weighted by Crippen LogP contribution is 2.24. The molecule has 7 nitrogen and oxygen atoms in total. The predicted molar refractivity (Wildman–Crippen MR) is 133 cm³/mol. The van der Waals surface area contributed by atoms with Crippen LogP contribution < -0.4 is 10.7 Å². The molecule has 0 fully saturated rings. The maximum Gasteiger partial charge on any atom is 0.329 e. The van der Waals surface area contributed by atoms with Crippen LogP contribution in [0.3, 0.4) is 0 Å². The second-order valence-corrected chi connectivity index (χ2v) is 8.18. The molecular weight excluding hydrogens is 506 g/mol. The number of carbonyl (C=O) groups excluding carboxylic acids is 2. The van der Waals surface area contributed by atoms with E-state index in [-0.39, 0.29) is 0 Å². The monoisotopic (exact) mass is 521 g/mol. The van der Waals surface area contributed by atoms with Crippen molar-refractivity contribution in [3.8, 4) is 16.9 Å². The number of rotatable bonds is 5. The number of nitrogens with one attached hydrogen (secondary N) is 2. The van der Waals surface area contributed by atoms with E-state index >= 15 is 0 Å². The molecule has 3 aromatic carbocycles. The first-order valence-corrected chi connectivity index (χ1v) is 11.0. The first-order chi connectivity index (χ1) is 16.0. The van der Waals surface area contributed by atoms with Gasteiger partial charge in [0.25, 0.3) is 0 Å². The van der Waals surface area contributed by atoms with E-state index in [0.717, 1.165) is 15.7 Å². The summed E-state index contributed by atoms with van der Waals surface area (Å²) >= 11 is 9.44. The van der Waals surface area contributed by atoms with E-state index in [4.69, 9.17) is 11.6 Å². The number of hydrazone groups is 1. The lowest BCUT2D eigenvalue weighted by Crippen LogP contribution is -2.32. The summed E-state index contributed by atoms with van der Waals surface area (Å²) in [6, 6.07) is 23.9. The molecule has 164 valence electrons. The van der Waals surface area contributed by atoms with E-state index in [9.17, 15) is 9.59 Å². The maximum absolute atomic E-state index is 12.2. The van der Waals surface area contributed by atoms with Crippen LogP contribution in [0.25, 0.3) is 16.9 Å².